The van der Waals surface area contributed by atoms with Crippen molar-refractivity contribution in [3.63, 3.8) is 0 Å². The van der Waals surface area contributed by atoms with Gasteiger partial charge in [-0.2, -0.15) is 4.98 Å². The van der Waals surface area contributed by atoms with Crippen molar-refractivity contribution < 1.29 is 4.52 Å². The molecular weight excluding hydrogens is 270 g/mol. The molecule has 102 valence electrons. The van der Waals surface area contributed by atoms with Crippen LogP contribution >= 0.6 is 11.3 Å². The molecule has 2 heterocycles. The van der Waals surface area contributed by atoms with Gasteiger partial charge in [0.2, 0.25) is 5.89 Å². The number of thiophene rings is 1. The normalized spacial score (nSPS) is 10.8. The van der Waals surface area contributed by atoms with Gasteiger partial charge in [-0.05, 0) is 17.7 Å². The Morgan fingerprint density at radius 3 is 2.80 bits per heavy atom. The molecule has 0 amide bonds. The Bertz CT molecular complexity index is 634. The summed E-state index contributed by atoms with van der Waals surface area (Å²) in [6.45, 7) is 1.70. The lowest BCUT2D eigenvalue weighted by molar-refractivity contribution is 0.375. The van der Waals surface area contributed by atoms with E-state index in [1.807, 2.05) is 17.4 Å². The average Bonchev–Trinajstić information content (AvgIpc) is 3.16. The highest BCUT2D eigenvalue weighted by Gasteiger charge is 2.03. The summed E-state index contributed by atoms with van der Waals surface area (Å²) in [6.07, 6.45) is 2.19. The standard InChI is InChI=1S/C15H15N3OS/c1-2-4-12(5-3-1)14-7-6-13(20-14)10-16-9-8-15-17-11-18-19-15/h1-7,11,16H,8-10H2. The topological polar surface area (TPSA) is 51.0 Å². The monoisotopic (exact) mass is 285 g/mol. The van der Waals surface area contributed by atoms with Crippen molar-refractivity contribution in [2.75, 3.05) is 6.54 Å². The zero-order valence-corrected chi connectivity index (χ0v) is 11.8. The number of rotatable bonds is 6. The molecule has 0 bridgehead atoms. The molecule has 3 aromatic rings. The van der Waals surface area contributed by atoms with Crippen LogP contribution in [-0.4, -0.2) is 16.7 Å². The van der Waals surface area contributed by atoms with Gasteiger partial charge in [0.05, 0.1) is 0 Å². The Morgan fingerprint density at radius 2 is 2.00 bits per heavy atom. The molecule has 0 aliphatic heterocycles. The molecule has 3 rings (SSSR count). The predicted molar refractivity (Wildman–Crippen MR) is 79.5 cm³/mol. The van der Waals surface area contributed by atoms with Gasteiger partial charge in [-0.3, -0.25) is 0 Å². The zero-order valence-electron chi connectivity index (χ0n) is 11.0. The zero-order chi connectivity index (χ0) is 13.6. The van der Waals surface area contributed by atoms with Crippen molar-refractivity contribution in [2.45, 2.75) is 13.0 Å². The van der Waals surface area contributed by atoms with Crippen LogP contribution in [0.25, 0.3) is 10.4 Å². The molecule has 5 heteroatoms. The summed E-state index contributed by atoms with van der Waals surface area (Å²) < 4.78 is 4.95. The molecule has 0 fully saturated rings. The minimum atomic E-state index is 0.675. The van der Waals surface area contributed by atoms with Crippen molar-refractivity contribution in [1.82, 2.24) is 15.5 Å². The maximum Gasteiger partial charge on any atom is 0.227 e. The quantitative estimate of drug-likeness (QED) is 0.707. The van der Waals surface area contributed by atoms with Gasteiger partial charge >= 0.3 is 0 Å². The second-order valence-electron chi connectivity index (χ2n) is 4.39. The number of hydrogen-bond donors (Lipinski definition) is 1. The Hall–Kier alpha value is -1.98. The number of hydrogen-bond acceptors (Lipinski definition) is 5. The molecule has 0 aliphatic rings. The molecule has 4 nitrogen and oxygen atoms in total. The van der Waals surface area contributed by atoms with Crippen molar-refractivity contribution in [3.8, 4) is 10.4 Å². The molecule has 1 aromatic carbocycles. The largest absolute Gasteiger partial charge is 0.340 e. The van der Waals surface area contributed by atoms with E-state index in [4.69, 9.17) is 4.52 Å². The molecule has 0 saturated carbocycles. The van der Waals surface area contributed by atoms with Gasteiger partial charge in [-0.1, -0.05) is 35.5 Å². The van der Waals surface area contributed by atoms with Crippen molar-refractivity contribution in [2.24, 2.45) is 0 Å². The van der Waals surface area contributed by atoms with Crippen LogP contribution in [0.15, 0.2) is 53.3 Å². The van der Waals surface area contributed by atoms with Gasteiger partial charge in [0.15, 0.2) is 6.33 Å². The van der Waals surface area contributed by atoms with E-state index < -0.39 is 0 Å². The first-order chi connectivity index (χ1) is 9.92. The van der Waals surface area contributed by atoms with E-state index in [1.54, 1.807) is 0 Å². The average molecular weight is 285 g/mol. The molecule has 0 radical (unpaired) electrons. The fourth-order valence-electron chi connectivity index (χ4n) is 1.94. The highest BCUT2D eigenvalue weighted by atomic mass is 32.1. The third-order valence-corrected chi connectivity index (χ3v) is 4.08. The van der Waals surface area contributed by atoms with Crippen LogP contribution in [0, 0.1) is 0 Å². The summed E-state index contributed by atoms with van der Waals surface area (Å²) in [4.78, 5) is 6.62. The van der Waals surface area contributed by atoms with E-state index in [0.29, 0.717) is 5.89 Å². The highest BCUT2D eigenvalue weighted by molar-refractivity contribution is 7.15. The number of benzene rings is 1. The molecule has 0 aliphatic carbocycles. The summed E-state index contributed by atoms with van der Waals surface area (Å²) in [5.41, 5.74) is 1.27. The van der Waals surface area contributed by atoms with E-state index >= 15 is 0 Å². The maximum absolute atomic E-state index is 4.95. The second-order valence-corrected chi connectivity index (χ2v) is 5.56. The molecular formula is C15H15N3OS. The lowest BCUT2D eigenvalue weighted by Crippen LogP contribution is -2.16. The van der Waals surface area contributed by atoms with Crippen molar-refractivity contribution >= 4 is 11.3 Å². The van der Waals surface area contributed by atoms with Gasteiger partial charge in [0.25, 0.3) is 0 Å². The van der Waals surface area contributed by atoms with E-state index in [9.17, 15) is 0 Å². The van der Waals surface area contributed by atoms with Crippen LogP contribution in [0.2, 0.25) is 0 Å². The number of nitrogens with zero attached hydrogens (tertiary/aromatic N) is 2. The van der Waals surface area contributed by atoms with Crippen LogP contribution < -0.4 is 5.32 Å². The SMILES string of the molecule is c1ccc(-c2ccc(CNCCc3ncno3)s2)cc1. The van der Waals surface area contributed by atoms with Gasteiger partial charge in [0, 0.05) is 29.3 Å². The van der Waals surface area contributed by atoms with Crippen LogP contribution in [0.5, 0.6) is 0 Å². The Balaban J connectivity index is 1.50. The third-order valence-electron chi connectivity index (χ3n) is 2.94. The molecule has 2 aromatic heterocycles. The first-order valence-corrected chi connectivity index (χ1v) is 7.34. The smallest absolute Gasteiger partial charge is 0.227 e. The van der Waals surface area contributed by atoms with E-state index in [0.717, 1.165) is 19.5 Å². The molecule has 0 unspecified atom stereocenters. The predicted octanol–water partition coefficient (Wildman–Crippen LogP) is 3.13. The Labute approximate surface area is 121 Å². The summed E-state index contributed by atoms with van der Waals surface area (Å²) in [6, 6.07) is 14.8. The van der Waals surface area contributed by atoms with E-state index in [1.165, 1.54) is 21.6 Å². The van der Waals surface area contributed by atoms with Gasteiger partial charge in [-0.15, -0.1) is 11.3 Å². The molecule has 0 spiro atoms. The summed E-state index contributed by atoms with van der Waals surface area (Å²) in [5, 5.41) is 6.97. The minimum absolute atomic E-state index is 0.675. The fraction of sp³-hybridized carbons (Fsp3) is 0.200. The molecule has 0 saturated heterocycles. The van der Waals surface area contributed by atoms with Gasteiger partial charge in [-0.25, -0.2) is 0 Å². The summed E-state index contributed by atoms with van der Waals surface area (Å²) in [7, 11) is 0. The van der Waals surface area contributed by atoms with Crippen LogP contribution in [0.3, 0.4) is 0 Å². The first-order valence-electron chi connectivity index (χ1n) is 6.52. The van der Waals surface area contributed by atoms with Crippen LogP contribution in [-0.2, 0) is 13.0 Å². The lowest BCUT2D eigenvalue weighted by Gasteiger charge is -2.00. The highest BCUT2D eigenvalue weighted by Crippen LogP contribution is 2.27. The van der Waals surface area contributed by atoms with Crippen molar-refractivity contribution in [3.05, 3.63) is 59.6 Å². The molecule has 1 N–H and O–H groups in total. The third kappa shape index (κ3) is 3.31. The van der Waals surface area contributed by atoms with E-state index in [2.05, 4.69) is 51.9 Å². The lowest BCUT2D eigenvalue weighted by atomic mass is 10.2. The Morgan fingerprint density at radius 1 is 1.10 bits per heavy atom. The molecule has 0 atom stereocenters. The van der Waals surface area contributed by atoms with E-state index in [-0.39, 0.29) is 0 Å². The number of aromatic nitrogens is 2. The molecule has 20 heavy (non-hydrogen) atoms. The second kappa shape index (κ2) is 6.45. The maximum atomic E-state index is 4.95. The first kappa shape index (κ1) is 13.0. The van der Waals surface area contributed by atoms with Gasteiger partial charge < -0.3 is 9.84 Å². The summed E-state index contributed by atoms with van der Waals surface area (Å²) in [5.74, 6) is 0.675. The Kier molecular flexibility index (Phi) is 4.20. The van der Waals surface area contributed by atoms with Gasteiger partial charge in [0.1, 0.15) is 0 Å². The summed E-state index contributed by atoms with van der Waals surface area (Å²) >= 11 is 1.82. The van der Waals surface area contributed by atoms with Crippen molar-refractivity contribution in [1.29, 1.82) is 0 Å². The number of nitrogens with one attached hydrogen (secondary N) is 1. The van der Waals surface area contributed by atoms with Crippen LogP contribution in [0.4, 0.5) is 0 Å². The minimum Gasteiger partial charge on any atom is -0.340 e. The fourth-order valence-corrected chi connectivity index (χ4v) is 2.93. The van der Waals surface area contributed by atoms with Crippen LogP contribution in [0.1, 0.15) is 10.8 Å².